The molecule has 1 aromatic carbocycles. The lowest BCUT2D eigenvalue weighted by atomic mass is 10.2. The van der Waals surface area contributed by atoms with Gasteiger partial charge in [-0.05, 0) is 24.6 Å². The van der Waals surface area contributed by atoms with E-state index in [0.29, 0.717) is 52.4 Å². The molecule has 0 radical (unpaired) electrons. The van der Waals surface area contributed by atoms with Crippen LogP contribution in [0, 0.1) is 0 Å². The van der Waals surface area contributed by atoms with Crippen molar-refractivity contribution in [3.63, 3.8) is 0 Å². The molecular formula is C21H27N3O4. The number of piperazine rings is 1. The summed E-state index contributed by atoms with van der Waals surface area (Å²) in [4.78, 5) is 30.4. The van der Waals surface area contributed by atoms with Gasteiger partial charge < -0.3 is 19.0 Å². The van der Waals surface area contributed by atoms with Gasteiger partial charge in [0.15, 0.2) is 0 Å². The van der Waals surface area contributed by atoms with Crippen LogP contribution in [-0.4, -0.2) is 66.0 Å². The molecule has 0 spiro atoms. The van der Waals surface area contributed by atoms with Crippen molar-refractivity contribution >= 4 is 12.0 Å². The normalized spacial score (nSPS) is 14.7. The highest BCUT2D eigenvalue weighted by molar-refractivity contribution is 5.78. The molecule has 2 aromatic rings. The minimum absolute atomic E-state index is 0.0461. The van der Waals surface area contributed by atoms with Gasteiger partial charge in [-0.15, -0.1) is 0 Å². The molecule has 1 aliphatic rings. The Balaban J connectivity index is 1.57. The number of benzene rings is 1. The molecule has 150 valence electrons. The van der Waals surface area contributed by atoms with Gasteiger partial charge in [-0.2, -0.15) is 0 Å². The molecular weight excluding hydrogens is 358 g/mol. The third-order valence-corrected chi connectivity index (χ3v) is 4.75. The van der Waals surface area contributed by atoms with E-state index >= 15 is 0 Å². The maximum absolute atomic E-state index is 13.0. The molecule has 7 nitrogen and oxygen atoms in total. The molecule has 3 rings (SSSR count). The third kappa shape index (κ3) is 5.60. The SMILES string of the molecule is CCOC(=O)N1CCN(CC(=O)N(Cc2ccccc2)Cc2ccco2)CC1. The molecule has 1 fully saturated rings. The topological polar surface area (TPSA) is 66.2 Å². The molecule has 0 saturated carbocycles. The van der Waals surface area contributed by atoms with Gasteiger partial charge in [0.2, 0.25) is 5.91 Å². The summed E-state index contributed by atoms with van der Waals surface area (Å²) in [6.07, 6.45) is 1.34. The van der Waals surface area contributed by atoms with E-state index in [0.717, 1.165) is 11.3 Å². The molecule has 0 bridgehead atoms. The zero-order chi connectivity index (χ0) is 19.8. The summed E-state index contributed by atoms with van der Waals surface area (Å²) in [5, 5.41) is 0. The molecule has 2 heterocycles. The van der Waals surface area contributed by atoms with Crippen LogP contribution < -0.4 is 0 Å². The van der Waals surface area contributed by atoms with Gasteiger partial charge in [0.25, 0.3) is 0 Å². The monoisotopic (exact) mass is 385 g/mol. The molecule has 1 saturated heterocycles. The Bertz CT molecular complexity index is 740. The van der Waals surface area contributed by atoms with Crippen LogP contribution in [0.1, 0.15) is 18.2 Å². The average Bonchev–Trinajstić information content (AvgIpc) is 3.22. The van der Waals surface area contributed by atoms with Crippen LogP contribution in [0.5, 0.6) is 0 Å². The Morgan fingerprint density at radius 3 is 2.43 bits per heavy atom. The molecule has 1 aromatic heterocycles. The van der Waals surface area contributed by atoms with Crippen molar-refractivity contribution in [3.05, 3.63) is 60.1 Å². The fraction of sp³-hybridized carbons (Fsp3) is 0.429. The van der Waals surface area contributed by atoms with Gasteiger partial charge in [0, 0.05) is 32.7 Å². The fourth-order valence-electron chi connectivity index (χ4n) is 3.22. The Morgan fingerprint density at radius 1 is 1.04 bits per heavy atom. The van der Waals surface area contributed by atoms with Gasteiger partial charge in [-0.25, -0.2) is 4.79 Å². The van der Waals surface area contributed by atoms with Gasteiger partial charge in [-0.3, -0.25) is 9.69 Å². The van der Waals surface area contributed by atoms with Crippen molar-refractivity contribution < 1.29 is 18.7 Å². The molecule has 28 heavy (non-hydrogen) atoms. The van der Waals surface area contributed by atoms with Gasteiger partial charge >= 0.3 is 6.09 Å². The lowest BCUT2D eigenvalue weighted by Gasteiger charge is -2.34. The number of hydrogen-bond donors (Lipinski definition) is 0. The van der Waals surface area contributed by atoms with E-state index in [1.165, 1.54) is 0 Å². The minimum atomic E-state index is -0.281. The number of ether oxygens (including phenoxy) is 1. The second-order valence-corrected chi connectivity index (χ2v) is 6.78. The Hall–Kier alpha value is -2.80. The van der Waals surface area contributed by atoms with Gasteiger partial charge in [-0.1, -0.05) is 30.3 Å². The van der Waals surface area contributed by atoms with Crippen LogP contribution in [-0.2, 0) is 22.6 Å². The molecule has 7 heteroatoms. The number of carbonyl (C=O) groups excluding carboxylic acids is 2. The maximum atomic E-state index is 13.0. The summed E-state index contributed by atoms with van der Waals surface area (Å²) in [6, 6.07) is 13.6. The number of carbonyl (C=O) groups is 2. The second-order valence-electron chi connectivity index (χ2n) is 6.78. The second kappa shape index (κ2) is 9.94. The average molecular weight is 385 g/mol. The van der Waals surface area contributed by atoms with E-state index in [2.05, 4.69) is 4.90 Å². The van der Waals surface area contributed by atoms with Crippen molar-refractivity contribution in [1.82, 2.24) is 14.7 Å². The standard InChI is InChI=1S/C21H27N3O4/c1-2-27-21(26)23-12-10-22(11-13-23)17-20(25)24(16-19-9-6-14-28-19)15-18-7-4-3-5-8-18/h3-9,14H,2,10-13,15-17H2,1H3. The quantitative estimate of drug-likeness (QED) is 0.733. The summed E-state index contributed by atoms with van der Waals surface area (Å²) in [5.41, 5.74) is 1.08. The third-order valence-electron chi connectivity index (χ3n) is 4.75. The Morgan fingerprint density at radius 2 is 1.79 bits per heavy atom. The lowest BCUT2D eigenvalue weighted by Crippen LogP contribution is -2.51. The van der Waals surface area contributed by atoms with Crippen LogP contribution in [0.2, 0.25) is 0 Å². The lowest BCUT2D eigenvalue weighted by molar-refractivity contribution is -0.134. The summed E-state index contributed by atoms with van der Waals surface area (Å²) in [5.74, 6) is 0.807. The van der Waals surface area contributed by atoms with Crippen molar-refractivity contribution in [1.29, 1.82) is 0 Å². The highest BCUT2D eigenvalue weighted by atomic mass is 16.6. The predicted molar refractivity (Wildman–Crippen MR) is 104 cm³/mol. The van der Waals surface area contributed by atoms with E-state index in [1.54, 1.807) is 18.1 Å². The van der Waals surface area contributed by atoms with Gasteiger partial charge in [0.05, 0.1) is 26.0 Å². The first-order valence-corrected chi connectivity index (χ1v) is 9.64. The van der Waals surface area contributed by atoms with Crippen molar-refractivity contribution in [2.45, 2.75) is 20.0 Å². The number of furan rings is 1. The molecule has 0 unspecified atom stereocenters. The van der Waals surface area contributed by atoms with E-state index in [4.69, 9.17) is 9.15 Å². The van der Waals surface area contributed by atoms with Crippen molar-refractivity contribution in [3.8, 4) is 0 Å². The summed E-state index contributed by atoms with van der Waals surface area (Å²) >= 11 is 0. The molecule has 0 N–H and O–H groups in total. The maximum Gasteiger partial charge on any atom is 0.409 e. The summed E-state index contributed by atoms with van der Waals surface area (Å²) < 4.78 is 10.5. The summed E-state index contributed by atoms with van der Waals surface area (Å²) in [6.45, 7) is 5.92. The Labute approximate surface area is 165 Å². The highest BCUT2D eigenvalue weighted by Crippen LogP contribution is 2.12. The number of rotatable bonds is 7. The van der Waals surface area contributed by atoms with Crippen LogP contribution >= 0.6 is 0 Å². The van der Waals surface area contributed by atoms with Crippen LogP contribution in [0.25, 0.3) is 0 Å². The number of hydrogen-bond acceptors (Lipinski definition) is 5. The van der Waals surface area contributed by atoms with Crippen LogP contribution in [0.15, 0.2) is 53.1 Å². The first-order valence-electron chi connectivity index (χ1n) is 9.64. The smallest absolute Gasteiger partial charge is 0.409 e. The minimum Gasteiger partial charge on any atom is -0.467 e. The fourth-order valence-corrected chi connectivity index (χ4v) is 3.22. The zero-order valence-electron chi connectivity index (χ0n) is 16.3. The highest BCUT2D eigenvalue weighted by Gasteiger charge is 2.25. The van der Waals surface area contributed by atoms with Crippen molar-refractivity contribution in [2.75, 3.05) is 39.3 Å². The Kier molecular flexibility index (Phi) is 7.08. The zero-order valence-corrected chi connectivity index (χ0v) is 16.3. The molecule has 0 aliphatic carbocycles. The first kappa shape index (κ1) is 19.9. The van der Waals surface area contributed by atoms with Crippen molar-refractivity contribution in [2.24, 2.45) is 0 Å². The van der Waals surface area contributed by atoms with E-state index < -0.39 is 0 Å². The first-order chi connectivity index (χ1) is 13.7. The van der Waals surface area contributed by atoms with Gasteiger partial charge in [0.1, 0.15) is 5.76 Å². The van der Waals surface area contributed by atoms with E-state index in [9.17, 15) is 9.59 Å². The predicted octanol–water partition coefficient (Wildman–Crippen LogP) is 2.58. The van der Waals surface area contributed by atoms with E-state index in [-0.39, 0.29) is 12.0 Å². The van der Waals surface area contributed by atoms with Crippen LogP contribution in [0.3, 0.4) is 0 Å². The van der Waals surface area contributed by atoms with E-state index in [1.807, 2.05) is 47.4 Å². The molecule has 0 atom stereocenters. The number of nitrogens with zero attached hydrogens (tertiary/aromatic N) is 3. The molecule has 2 amide bonds. The largest absolute Gasteiger partial charge is 0.467 e. The molecule has 1 aliphatic heterocycles. The number of amides is 2. The van der Waals surface area contributed by atoms with Crippen LogP contribution in [0.4, 0.5) is 4.79 Å². The summed E-state index contributed by atoms with van der Waals surface area (Å²) in [7, 11) is 0.